The molecule has 0 bridgehead atoms. The van der Waals surface area contributed by atoms with Gasteiger partial charge in [0.1, 0.15) is 6.10 Å². The lowest BCUT2D eigenvalue weighted by atomic mass is 10.0. The Morgan fingerprint density at radius 2 is 0.840 bits per heavy atom. The van der Waals surface area contributed by atoms with Gasteiger partial charge in [-0.25, -0.2) is 0 Å². The topological polar surface area (TPSA) is 60.7 Å². The molecule has 2 atom stereocenters. The molecule has 0 aliphatic carbocycles. The van der Waals surface area contributed by atoms with E-state index in [0.29, 0.717) is 6.42 Å². The van der Waals surface area contributed by atoms with Crippen molar-refractivity contribution in [3.8, 4) is 0 Å². The van der Waals surface area contributed by atoms with Crippen LogP contribution in [0.4, 0.5) is 0 Å². The van der Waals surface area contributed by atoms with Crippen molar-refractivity contribution in [1.82, 2.24) is 0 Å². The quantitative estimate of drug-likeness (QED) is 0.249. The first-order valence-electron chi connectivity index (χ1n) is 10.7. The van der Waals surface area contributed by atoms with Crippen molar-refractivity contribution < 1.29 is 15.3 Å². The normalized spacial score (nSPS) is 13.4. The third-order valence-electron chi connectivity index (χ3n) is 4.98. The Bertz CT molecular complexity index is 239. The fourth-order valence-electron chi connectivity index (χ4n) is 3.22. The van der Waals surface area contributed by atoms with Gasteiger partial charge in [0.25, 0.3) is 0 Å². The highest BCUT2D eigenvalue weighted by Crippen LogP contribution is 2.14. The molecular weight excluding hydrogens is 336 g/mol. The van der Waals surface area contributed by atoms with Gasteiger partial charge in [-0.15, -0.1) is 12.4 Å². The van der Waals surface area contributed by atoms with Gasteiger partial charge in [-0.2, -0.15) is 0 Å². The minimum absolute atomic E-state index is 0. The molecule has 4 heteroatoms. The third kappa shape index (κ3) is 20.3. The van der Waals surface area contributed by atoms with Gasteiger partial charge in [-0.05, 0) is 6.42 Å². The number of hydrogen-bond acceptors (Lipinski definition) is 3. The maximum atomic E-state index is 9.52. The summed E-state index contributed by atoms with van der Waals surface area (Å²) in [6.45, 7) is 1.93. The van der Waals surface area contributed by atoms with Crippen molar-refractivity contribution in [2.45, 2.75) is 128 Å². The Morgan fingerprint density at radius 1 is 0.520 bits per heavy atom. The van der Waals surface area contributed by atoms with Crippen LogP contribution in [0.25, 0.3) is 0 Å². The van der Waals surface area contributed by atoms with Crippen LogP contribution in [0.1, 0.15) is 116 Å². The van der Waals surface area contributed by atoms with Gasteiger partial charge in [0.05, 0.1) is 12.7 Å². The molecule has 2 unspecified atom stereocenters. The SMILES string of the molecule is CCCCCCCCCCCCCCCCCCC(O)C(O)CO.Cl. The molecule has 0 saturated carbocycles. The van der Waals surface area contributed by atoms with Gasteiger partial charge in [-0.1, -0.05) is 110 Å². The average Bonchev–Trinajstić information content (AvgIpc) is 2.60. The second kappa shape index (κ2) is 22.2. The summed E-state index contributed by atoms with van der Waals surface area (Å²) >= 11 is 0. The molecule has 3 nitrogen and oxygen atoms in total. The molecule has 25 heavy (non-hydrogen) atoms. The van der Waals surface area contributed by atoms with Crippen molar-refractivity contribution >= 4 is 12.4 Å². The van der Waals surface area contributed by atoms with E-state index in [1.807, 2.05) is 0 Å². The van der Waals surface area contributed by atoms with Crippen molar-refractivity contribution in [3.05, 3.63) is 0 Å². The predicted molar refractivity (Wildman–Crippen MR) is 111 cm³/mol. The Balaban J connectivity index is 0. The van der Waals surface area contributed by atoms with E-state index in [4.69, 9.17) is 5.11 Å². The molecule has 0 saturated heterocycles. The molecule has 0 radical (unpaired) electrons. The Morgan fingerprint density at radius 3 is 1.16 bits per heavy atom. The molecule has 3 N–H and O–H groups in total. The van der Waals surface area contributed by atoms with Gasteiger partial charge in [0, 0.05) is 0 Å². The van der Waals surface area contributed by atoms with Crippen LogP contribution < -0.4 is 0 Å². The largest absolute Gasteiger partial charge is 0.394 e. The zero-order valence-electron chi connectivity index (χ0n) is 16.6. The highest BCUT2D eigenvalue weighted by molar-refractivity contribution is 5.85. The van der Waals surface area contributed by atoms with Crippen LogP contribution in [0.15, 0.2) is 0 Å². The van der Waals surface area contributed by atoms with E-state index in [1.54, 1.807) is 0 Å². The Kier molecular flexibility index (Phi) is 24.3. The Hall–Kier alpha value is 0.170. The molecule has 0 aliphatic rings. The van der Waals surface area contributed by atoms with Crippen LogP contribution in [0, 0.1) is 0 Å². The molecule has 0 heterocycles. The predicted octanol–water partition coefficient (Wildman–Crippen LogP) is 5.77. The van der Waals surface area contributed by atoms with Crippen LogP contribution in [0.2, 0.25) is 0 Å². The van der Waals surface area contributed by atoms with Crippen molar-refractivity contribution in [2.24, 2.45) is 0 Å². The van der Waals surface area contributed by atoms with Crippen LogP contribution >= 0.6 is 12.4 Å². The fourth-order valence-corrected chi connectivity index (χ4v) is 3.22. The summed E-state index contributed by atoms with van der Waals surface area (Å²) < 4.78 is 0. The zero-order chi connectivity index (χ0) is 17.9. The number of hydrogen-bond donors (Lipinski definition) is 3. The minimum Gasteiger partial charge on any atom is -0.394 e. The van der Waals surface area contributed by atoms with Crippen LogP contribution in [0.3, 0.4) is 0 Å². The Labute approximate surface area is 163 Å². The van der Waals surface area contributed by atoms with Gasteiger partial charge in [-0.3, -0.25) is 0 Å². The maximum absolute atomic E-state index is 9.52. The minimum atomic E-state index is -0.971. The first-order valence-corrected chi connectivity index (χ1v) is 10.7. The van der Waals surface area contributed by atoms with E-state index in [2.05, 4.69) is 6.92 Å². The second-order valence-electron chi connectivity index (χ2n) is 7.41. The summed E-state index contributed by atoms with van der Waals surface area (Å²) in [7, 11) is 0. The van der Waals surface area contributed by atoms with Crippen LogP contribution in [-0.2, 0) is 0 Å². The monoisotopic (exact) mass is 380 g/mol. The molecule has 0 spiro atoms. The highest BCUT2D eigenvalue weighted by Gasteiger charge is 2.13. The zero-order valence-corrected chi connectivity index (χ0v) is 17.4. The molecule has 0 aromatic carbocycles. The first-order chi connectivity index (χ1) is 11.7. The van der Waals surface area contributed by atoms with Gasteiger partial charge in [0.2, 0.25) is 0 Å². The molecule has 0 rings (SSSR count). The summed E-state index contributed by atoms with van der Waals surface area (Å²) in [5.74, 6) is 0. The smallest absolute Gasteiger partial charge is 0.103 e. The number of unbranched alkanes of at least 4 members (excludes halogenated alkanes) is 15. The lowest BCUT2D eigenvalue weighted by molar-refractivity contribution is -0.0185. The van der Waals surface area contributed by atoms with Crippen molar-refractivity contribution in [3.63, 3.8) is 0 Å². The second-order valence-corrected chi connectivity index (χ2v) is 7.41. The third-order valence-corrected chi connectivity index (χ3v) is 4.98. The van der Waals surface area contributed by atoms with Gasteiger partial charge < -0.3 is 15.3 Å². The maximum Gasteiger partial charge on any atom is 0.103 e. The van der Waals surface area contributed by atoms with E-state index in [1.165, 1.54) is 89.9 Å². The molecule has 154 valence electrons. The molecule has 0 aliphatic heterocycles. The average molecular weight is 381 g/mol. The van der Waals surface area contributed by atoms with E-state index >= 15 is 0 Å². The number of aliphatic hydroxyl groups is 3. The van der Waals surface area contributed by atoms with Gasteiger partial charge >= 0.3 is 0 Å². The summed E-state index contributed by atoms with van der Waals surface area (Å²) in [4.78, 5) is 0. The lowest BCUT2D eigenvalue weighted by Crippen LogP contribution is -2.28. The summed E-state index contributed by atoms with van der Waals surface area (Å²) in [6.07, 6.45) is 20.2. The molecule has 0 fully saturated rings. The van der Waals surface area contributed by atoms with E-state index in [9.17, 15) is 10.2 Å². The lowest BCUT2D eigenvalue weighted by Gasteiger charge is -2.14. The first kappa shape index (κ1) is 27.4. The summed E-state index contributed by atoms with van der Waals surface area (Å²) in [5.41, 5.74) is 0. The fraction of sp³-hybridized carbons (Fsp3) is 1.00. The molecular formula is C21H45ClO3. The standard InChI is InChI=1S/C21H44O3.ClH/c1-2-3-4-5-6-7-8-9-10-11-12-13-14-15-16-17-18-20(23)21(24)19-22;/h20-24H,2-19H2,1H3;1H. The van der Waals surface area contributed by atoms with Gasteiger partial charge in [0.15, 0.2) is 0 Å². The molecule has 0 aromatic rings. The molecule has 0 amide bonds. The number of aliphatic hydroxyl groups excluding tert-OH is 3. The number of rotatable bonds is 19. The van der Waals surface area contributed by atoms with Crippen molar-refractivity contribution in [1.29, 1.82) is 0 Å². The van der Waals surface area contributed by atoms with Crippen molar-refractivity contribution in [2.75, 3.05) is 6.61 Å². The molecule has 0 aromatic heterocycles. The van der Waals surface area contributed by atoms with E-state index < -0.39 is 12.2 Å². The van der Waals surface area contributed by atoms with Crippen LogP contribution in [-0.4, -0.2) is 34.1 Å². The number of halogens is 1. The summed E-state index contributed by atoms with van der Waals surface area (Å²) in [6, 6.07) is 0. The summed E-state index contributed by atoms with van der Waals surface area (Å²) in [5, 5.41) is 27.5. The van der Waals surface area contributed by atoms with E-state index in [-0.39, 0.29) is 19.0 Å². The van der Waals surface area contributed by atoms with E-state index in [0.717, 1.165) is 12.8 Å². The highest BCUT2D eigenvalue weighted by atomic mass is 35.5. The van der Waals surface area contributed by atoms with Crippen LogP contribution in [0.5, 0.6) is 0 Å².